The van der Waals surface area contributed by atoms with Gasteiger partial charge in [0.1, 0.15) is 0 Å². The Kier molecular flexibility index (Phi) is 7.31. The van der Waals surface area contributed by atoms with Crippen molar-refractivity contribution in [3.8, 4) is 27.9 Å². The molecule has 0 saturated carbocycles. The number of aromatic nitrogens is 1. The molecule has 278 valence electrons. The van der Waals surface area contributed by atoms with Crippen LogP contribution in [0.5, 0.6) is 0 Å². The predicted molar refractivity (Wildman–Crippen MR) is 251 cm³/mol. The van der Waals surface area contributed by atoms with Crippen molar-refractivity contribution in [1.82, 2.24) is 4.57 Å². The number of benzene rings is 10. The molecule has 0 spiro atoms. The predicted octanol–water partition coefficient (Wildman–Crippen LogP) is 15.7. The summed E-state index contributed by atoms with van der Waals surface area (Å²) in [6.45, 7) is 4.84. The van der Waals surface area contributed by atoms with E-state index in [0.717, 1.165) is 17.1 Å². The van der Waals surface area contributed by atoms with E-state index >= 15 is 0 Å². The minimum atomic E-state index is -0.292. The quantitative estimate of drug-likeness (QED) is 0.170. The highest BCUT2D eigenvalue weighted by atomic mass is 15.2. The minimum absolute atomic E-state index is 0.292. The van der Waals surface area contributed by atoms with Crippen LogP contribution < -0.4 is 4.90 Å². The van der Waals surface area contributed by atoms with Gasteiger partial charge in [-0.15, -0.1) is 0 Å². The largest absolute Gasteiger partial charge is 0.307 e. The highest BCUT2D eigenvalue weighted by Gasteiger charge is 2.40. The second-order valence-corrected chi connectivity index (χ2v) is 16.5. The minimum Gasteiger partial charge on any atom is -0.307 e. The Morgan fingerprint density at radius 2 is 0.966 bits per heavy atom. The van der Waals surface area contributed by atoms with E-state index in [1.807, 2.05) is 0 Å². The lowest BCUT2D eigenvalue weighted by molar-refractivity contribution is 0.661. The van der Waals surface area contributed by atoms with Crippen molar-refractivity contribution in [2.24, 2.45) is 0 Å². The van der Waals surface area contributed by atoms with Crippen molar-refractivity contribution < 1.29 is 0 Å². The highest BCUT2D eigenvalue weighted by molar-refractivity contribution is 6.17. The zero-order valence-electron chi connectivity index (χ0n) is 33.0. The second-order valence-electron chi connectivity index (χ2n) is 16.5. The van der Waals surface area contributed by atoms with Crippen LogP contribution in [0.25, 0.3) is 82.1 Å². The summed E-state index contributed by atoms with van der Waals surface area (Å²) in [7, 11) is 0. The molecular weight excluding hydrogens is 713 g/mol. The van der Waals surface area contributed by atoms with E-state index in [2.05, 4.69) is 230 Å². The van der Waals surface area contributed by atoms with E-state index in [1.54, 1.807) is 0 Å². The van der Waals surface area contributed by atoms with Gasteiger partial charge in [-0.3, -0.25) is 0 Å². The van der Waals surface area contributed by atoms with Crippen molar-refractivity contribution in [3.63, 3.8) is 0 Å². The third kappa shape index (κ3) is 4.93. The maximum Gasteiger partial charge on any atom is 0.0782 e. The van der Waals surface area contributed by atoms with Gasteiger partial charge in [0, 0.05) is 27.4 Å². The molecule has 59 heavy (non-hydrogen) atoms. The average molecular weight is 753 g/mol. The van der Waals surface area contributed by atoms with E-state index in [9.17, 15) is 0 Å². The van der Waals surface area contributed by atoms with Crippen molar-refractivity contribution in [2.75, 3.05) is 4.90 Å². The first-order valence-corrected chi connectivity index (χ1v) is 20.6. The van der Waals surface area contributed by atoms with Gasteiger partial charge in [0.15, 0.2) is 0 Å². The standard InChI is InChI=1S/C57H40N2/c1-57(2)49-36-40-20-7-6-19-39(40)35-48(49)46-28-15-31-52(55(46)57)59(53-32-16-29-47-44-26-12-13-30-50(44)58(56(47)53)41-22-4-3-5-23-41)51-34-33-38-18-9-11-25-43(38)54(51)45-27-14-21-37-17-8-10-24-42(37)45/h3-36H,1-2H3. The fourth-order valence-electron chi connectivity index (χ4n) is 10.3. The molecule has 0 amide bonds. The lowest BCUT2D eigenvalue weighted by atomic mass is 9.80. The van der Waals surface area contributed by atoms with Crippen molar-refractivity contribution in [3.05, 3.63) is 217 Å². The average Bonchev–Trinajstić information content (AvgIpc) is 3.74. The van der Waals surface area contributed by atoms with Crippen molar-refractivity contribution >= 4 is 71.2 Å². The van der Waals surface area contributed by atoms with Crippen LogP contribution in [0, 0.1) is 0 Å². The SMILES string of the molecule is CC1(C)c2cc3ccccc3cc2-c2cccc(N(c3ccc4ccccc4c3-c3cccc4ccccc34)c3cccc4c5ccccc5n(-c5ccccc5)c34)c21. The molecule has 2 heteroatoms. The molecule has 11 aromatic rings. The highest BCUT2D eigenvalue weighted by Crippen LogP contribution is 2.57. The Labute approximate surface area is 343 Å². The molecule has 0 atom stereocenters. The Hall–Kier alpha value is -7.42. The molecule has 0 saturated heterocycles. The summed E-state index contributed by atoms with van der Waals surface area (Å²) >= 11 is 0. The van der Waals surface area contributed by atoms with Gasteiger partial charge in [0.25, 0.3) is 0 Å². The van der Waals surface area contributed by atoms with Crippen molar-refractivity contribution in [1.29, 1.82) is 0 Å². The van der Waals surface area contributed by atoms with Gasteiger partial charge in [0.05, 0.1) is 28.1 Å². The number of rotatable bonds is 5. The molecular formula is C57H40N2. The first-order valence-electron chi connectivity index (χ1n) is 20.6. The van der Waals surface area contributed by atoms with Crippen LogP contribution in [-0.4, -0.2) is 4.57 Å². The summed E-state index contributed by atoms with van der Waals surface area (Å²) in [6.07, 6.45) is 0. The number of fused-ring (bicyclic) bond motifs is 9. The summed E-state index contributed by atoms with van der Waals surface area (Å²) in [5.41, 5.74) is 14.4. The summed E-state index contributed by atoms with van der Waals surface area (Å²) in [5.74, 6) is 0. The van der Waals surface area contributed by atoms with E-state index in [4.69, 9.17) is 0 Å². The summed E-state index contributed by atoms with van der Waals surface area (Å²) < 4.78 is 2.47. The molecule has 0 N–H and O–H groups in total. The van der Waals surface area contributed by atoms with E-state index in [0.29, 0.717) is 0 Å². The van der Waals surface area contributed by atoms with Gasteiger partial charge in [-0.2, -0.15) is 0 Å². The van der Waals surface area contributed by atoms with Gasteiger partial charge in [-0.1, -0.05) is 172 Å². The summed E-state index contributed by atoms with van der Waals surface area (Å²) in [6, 6.07) is 76.4. The Bertz CT molecular complexity index is 3470. The zero-order valence-corrected chi connectivity index (χ0v) is 33.0. The van der Waals surface area contributed by atoms with Crippen LogP contribution >= 0.6 is 0 Å². The van der Waals surface area contributed by atoms with Crippen LogP contribution in [0.4, 0.5) is 17.1 Å². The Balaban J connectivity index is 1.26. The molecule has 0 radical (unpaired) electrons. The number of para-hydroxylation sites is 3. The molecule has 1 aromatic heterocycles. The molecule has 12 rings (SSSR count). The summed E-state index contributed by atoms with van der Waals surface area (Å²) in [4.78, 5) is 2.61. The topological polar surface area (TPSA) is 8.17 Å². The van der Waals surface area contributed by atoms with Crippen LogP contribution in [0.2, 0.25) is 0 Å². The first-order chi connectivity index (χ1) is 29.1. The number of hydrogen-bond acceptors (Lipinski definition) is 1. The van der Waals surface area contributed by atoms with Crippen molar-refractivity contribution in [2.45, 2.75) is 19.3 Å². The normalized spacial score (nSPS) is 13.1. The monoisotopic (exact) mass is 752 g/mol. The van der Waals surface area contributed by atoms with Gasteiger partial charge < -0.3 is 9.47 Å². The van der Waals surface area contributed by atoms with Gasteiger partial charge >= 0.3 is 0 Å². The first kappa shape index (κ1) is 33.7. The summed E-state index contributed by atoms with van der Waals surface area (Å²) in [5, 5.41) is 9.90. The molecule has 10 aromatic carbocycles. The molecule has 2 nitrogen and oxygen atoms in total. The molecule has 1 aliphatic carbocycles. The molecule has 0 unspecified atom stereocenters. The fraction of sp³-hybridized carbons (Fsp3) is 0.0526. The molecule has 1 heterocycles. The fourth-order valence-corrected chi connectivity index (χ4v) is 10.3. The van der Waals surface area contributed by atoms with Gasteiger partial charge in [-0.05, 0) is 109 Å². The maximum absolute atomic E-state index is 2.61. The molecule has 0 aliphatic heterocycles. The smallest absolute Gasteiger partial charge is 0.0782 e. The molecule has 1 aliphatic rings. The second kappa shape index (κ2) is 12.8. The lowest BCUT2D eigenvalue weighted by Crippen LogP contribution is -2.21. The number of nitrogens with zero attached hydrogens (tertiary/aromatic N) is 2. The zero-order chi connectivity index (χ0) is 39.2. The maximum atomic E-state index is 2.61. The van der Waals surface area contributed by atoms with E-state index in [-0.39, 0.29) is 5.41 Å². The van der Waals surface area contributed by atoms with E-state index < -0.39 is 0 Å². The van der Waals surface area contributed by atoms with Crippen LogP contribution in [0.3, 0.4) is 0 Å². The lowest BCUT2D eigenvalue weighted by Gasteiger charge is -2.34. The Morgan fingerprint density at radius 3 is 1.78 bits per heavy atom. The Morgan fingerprint density at radius 1 is 0.390 bits per heavy atom. The van der Waals surface area contributed by atoms with E-state index in [1.165, 1.54) is 93.2 Å². The van der Waals surface area contributed by atoms with Gasteiger partial charge in [-0.25, -0.2) is 0 Å². The third-order valence-electron chi connectivity index (χ3n) is 12.9. The van der Waals surface area contributed by atoms with Gasteiger partial charge in [0.2, 0.25) is 0 Å². The van der Waals surface area contributed by atoms with Crippen LogP contribution in [0.1, 0.15) is 25.0 Å². The van der Waals surface area contributed by atoms with Crippen LogP contribution in [0.15, 0.2) is 206 Å². The third-order valence-corrected chi connectivity index (χ3v) is 12.9. The number of hydrogen-bond donors (Lipinski definition) is 0. The molecule has 0 fully saturated rings. The molecule has 0 bridgehead atoms. The van der Waals surface area contributed by atoms with Crippen LogP contribution in [-0.2, 0) is 5.41 Å². The number of anilines is 3.